The summed E-state index contributed by atoms with van der Waals surface area (Å²) >= 11 is 0. The Labute approximate surface area is 341 Å². The van der Waals surface area contributed by atoms with E-state index in [2.05, 4.69) is 29.6 Å². The fourth-order valence-electron chi connectivity index (χ4n) is 6.61. The first kappa shape index (κ1) is 42.7. The molecule has 7 rings (SSSR count). The van der Waals surface area contributed by atoms with Gasteiger partial charge >= 0.3 is 11.9 Å². The molecule has 0 fully saturated rings. The van der Waals surface area contributed by atoms with Crippen LogP contribution in [0.15, 0.2) is 85.5 Å². The Morgan fingerprint density at radius 3 is 1.90 bits per heavy atom. The van der Waals surface area contributed by atoms with Gasteiger partial charge in [-0.15, -0.1) is 0 Å². The van der Waals surface area contributed by atoms with Gasteiger partial charge in [-0.3, -0.25) is 29.6 Å². The van der Waals surface area contributed by atoms with Crippen molar-refractivity contribution >= 4 is 46.5 Å². The minimum Gasteiger partial charge on any atom is -0.465 e. The number of nitro groups is 1. The van der Waals surface area contributed by atoms with E-state index >= 15 is 0 Å². The fourth-order valence-corrected chi connectivity index (χ4v) is 6.61. The van der Waals surface area contributed by atoms with E-state index < -0.39 is 80.5 Å². The van der Waals surface area contributed by atoms with E-state index in [4.69, 9.17) is 0 Å². The number of anilines is 1. The third kappa shape index (κ3) is 8.48. The standard InChI is InChI=1S/C20H14F2N4O5.C20H16F2N4O4/c1-25-19(23-10-24-25)15(7-11-3-5-12(21)6-4-11)18(27)17-14(20(28)31-2)8-13(22)9-16(17)26(29)30;1-25-19(23-9-24-25)16-17(10-3-5-11(21)6-4-10)26(29)14-8-12(22)7-13(20(28)30-2)15(14)18(16)27/h3-10H,1-2H3;3-9,16-17,29H,1-2H3/b15-7-;. The van der Waals surface area contributed by atoms with Crippen LogP contribution in [0.1, 0.15) is 76.2 Å². The maximum absolute atomic E-state index is 14.2. The zero-order chi connectivity index (χ0) is 44.3. The molecule has 0 bridgehead atoms. The summed E-state index contributed by atoms with van der Waals surface area (Å²) < 4.78 is 66.8. The largest absolute Gasteiger partial charge is 0.465 e. The predicted molar refractivity (Wildman–Crippen MR) is 203 cm³/mol. The van der Waals surface area contributed by atoms with Gasteiger partial charge in [0, 0.05) is 20.2 Å². The summed E-state index contributed by atoms with van der Waals surface area (Å²) in [4.78, 5) is 70.2. The van der Waals surface area contributed by atoms with Crippen LogP contribution in [0.5, 0.6) is 0 Å². The van der Waals surface area contributed by atoms with Crippen LogP contribution in [-0.2, 0) is 23.6 Å². The van der Waals surface area contributed by atoms with Gasteiger partial charge in [-0.05, 0) is 53.6 Å². The Kier molecular flexibility index (Phi) is 12.2. The molecule has 0 aliphatic carbocycles. The molecule has 17 nitrogen and oxygen atoms in total. The summed E-state index contributed by atoms with van der Waals surface area (Å²) in [6.07, 6.45) is 3.70. The molecule has 2 unspecified atom stereocenters. The lowest BCUT2D eigenvalue weighted by atomic mass is 9.80. The molecule has 3 heterocycles. The fraction of sp³-hybridized carbons (Fsp3) is 0.150. The first-order valence-electron chi connectivity index (χ1n) is 17.5. The smallest absolute Gasteiger partial charge is 0.338 e. The van der Waals surface area contributed by atoms with Crippen LogP contribution in [0.2, 0.25) is 0 Å². The molecule has 2 aromatic heterocycles. The molecule has 0 spiro atoms. The van der Waals surface area contributed by atoms with Crippen molar-refractivity contribution in [2.45, 2.75) is 12.0 Å². The second-order valence-electron chi connectivity index (χ2n) is 13.0. The number of fused-ring (bicyclic) bond motifs is 1. The van der Waals surface area contributed by atoms with E-state index in [1.807, 2.05) is 0 Å². The van der Waals surface area contributed by atoms with E-state index in [1.165, 1.54) is 65.2 Å². The van der Waals surface area contributed by atoms with Crippen LogP contribution < -0.4 is 5.06 Å². The number of aromatic nitrogens is 6. The number of aryl methyl sites for hydroxylation is 2. The maximum atomic E-state index is 14.2. The van der Waals surface area contributed by atoms with Crippen molar-refractivity contribution in [3.63, 3.8) is 0 Å². The van der Waals surface area contributed by atoms with Gasteiger partial charge in [0.25, 0.3) is 5.69 Å². The number of Topliss-reactive ketones (excluding diaryl/α,β-unsaturated/α-hetero) is 2. The second-order valence-corrected chi connectivity index (χ2v) is 13.0. The Bertz CT molecular complexity index is 2740. The van der Waals surface area contributed by atoms with Crippen molar-refractivity contribution in [1.82, 2.24) is 29.5 Å². The van der Waals surface area contributed by atoms with Gasteiger partial charge in [0.1, 0.15) is 53.2 Å². The van der Waals surface area contributed by atoms with Crippen molar-refractivity contribution in [3.8, 4) is 0 Å². The minimum absolute atomic E-state index is 0.0174. The van der Waals surface area contributed by atoms with Gasteiger partial charge in [0.2, 0.25) is 5.78 Å². The van der Waals surface area contributed by atoms with Gasteiger partial charge in [-0.1, -0.05) is 24.3 Å². The van der Waals surface area contributed by atoms with Crippen LogP contribution in [0, 0.1) is 33.4 Å². The summed E-state index contributed by atoms with van der Waals surface area (Å²) in [6, 6.07) is 12.2. The van der Waals surface area contributed by atoms with Gasteiger partial charge in [0.15, 0.2) is 11.6 Å². The van der Waals surface area contributed by atoms with Gasteiger partial charge < -0.3 is 9.47 Å². The van der Waals surface area contributed by atoms with E-state index in [1.54, 1.807) is 7.05 Å². The average molecular weight is 843 g/mol. The highest BCUT2D eigenvalue weighted by molar-refractivity contribution is 6.34. The Morgan fingerprint density at radius 2 is 1.34 bits per heavy atom. The molecule has 0 saturated heterocycles. The minimum atomic E-state index is -1.13. The number of nitro benzene ring substituents is 1. The van der Waals surface area contributed by atoms with E-state index in [-0.39, 0.29) is 34.0 Å². The Balaban J connectivity index is 0.000000204. The molecule has 0 saturated carbocycles. The number of ether oxygens (including phenoxy) is 2. The van der Waals surface area contributed by atoms with Crippen molar-refractivity contribution in [2.75, 3.05) is 19.3 Å². The third-order valence-corrected chi connectivity index (χ3v) is 9.37. The number of benzene rings is 4. The molecule has 61 heavy (non-hydrogen) atoms. The number of ketones is 2. The number of nitrogens with zero attached hydrogens (tertiary/aromatic N) is 8. The normalized spacial score (nSPS) is 14.7. The number of hydrogen-bond acceptors (Lipinski definition) is 14. The molecule has 1 N–H and O–H groups in total. The highest BCUT2D eigenvalue weighted by Crippen LogP contribution is 2.46. The molecule has 4 aromatic carbocycles. The molecule has 21 heteroatoms. The van der Waals surface area contributed by atoms with Crippen molar-refractivity contribution < 1.29 is 56.3 Å². The highest BCUT2D eigenvalue weighted by atomic mass is 19.1. The molecular weight excluding hydrogens is 812 g/mol. The van der Waals surface area contributed by atoms with Crippen LogP contribution in [0.4, 0.5) is 28.9 Å². The molecular formula is C40H30F4N8O9. The molecule has 2 atom stereocenters. The highest BCUT2D eigenvalue weighted by Gasteiger charge is 2.46. The third-order valence-electron chi connectivity index (χ3n) is 9.37. The number of methoxy groups -OCH3 is 2. The first-order chi connectivity index (χ1) is 29.1. The van der Waals surface area contributed by atoms with Crippen LogP contribution >= 0.6 is 0 Å². The second kappa shape index (κ2) is 17.5. The van der Waals surface area contributed by atoms with E-state index in [0.717, 1.165) is 44.8 Å². The van der Waals surface area contributed by atoms with Crippen LogP contribution in [0.25, 0.3) is 11.6 Å². The topological polar surface area (TPSA) is 215 Å². The first-order valence-corrected chi connectivity index (χ1v) is 17.5. The van der Waals surface area contributed by atoms with Crippen LogP contribution in [-0.4, -0.2) is 77.4 Å². The van der Waals surface area contributed by atoms with Gasteiger partial charge in [0.05, 0.1) is 59.2 Å². The van der Waals surface area contributed by atoms with E-state index in [9.17, 15) is 52.1 Å². The quantitative estimate of drug-likeness (QED) is 0.0441. The number of esters is 2. The molecule has 1 aliphatic heterocycles. The maximum Gasteiger partial charge on any atom is 0.338 e. The SMILES string of the molecule is COC(=O)c1cc(F)cc([N+](=O)[O-])c1C(=O)/C(=C/c1ccc(F)cc1)c1ncnn1C.COC(=O)c1cc(F)cc2c1C(=O)C(c1ncnn1C)C(c1ccc(F)cc1)N2O. The number of carbonyl (C=O) groups is 4. The Hall–Kier alpha value is -7.94. The summed E-state index contributed by atoms with van der Waals surface area (Å²) in [7, 11) is 5.14. The number of carbonyl (C=O) groups excluding carboxylic acids is 4. The molecule has 6 aromatic rings. The summed E-state index contributed by atoms with van der Waals surface area (Å²) in [5.74, 6) is -7.46. The average Bonchev–Trinajstić information content (AvgIpc) is 3.87. The van der Waals surface area contributed by atoms with Crippen molar-refractivity contribution in [2.24, 2.45) is 14.1 Å². The monoisotopic (exact) mass is 842 g/mol. The van der Waals surface area contributed by atoms with Crippen molar-refractivity contribution in [1.29, 1.82) is 0 Å². The number of allylic oxidation sites excluding steroid dienone is 1. The van der Waals surface area contributed by atoms with Crippen LogP contribution in [0.3, 0.4) is 0 Å². The number of rotatable bonds is 9. The van der Waals surface area contributed by atoms with E-state index in [0.29, 0.717) is 28.3 Å². The van der Waals surface area contributed by atoms with Crippen molar-refractivity contribution in [3.05, 3.63) is 164 Å². The Morgan fingerprint density at radius 1 is 0.787 bits per heavy atom. The summed E-state index contributed by atoms with van der Waals surface area (Å²) in [6.45, 7) is 0. The van der Waals surface area contributed by atoms with Gasteiger partial charge in [-0.25, -0.2) is 46.9 Å². The summed E-state index contributed by atoms with van der Waals surface area (Å²) in [5, 5.41) is 31.1. The lowest BCUT2D eigenvalue weighted by Crippen LogP contribution is -2.41. The lowest BCUT2D eigenvalue weighted by Gasteiger charge is -2.39. The summed E-state index contributed by atoms with van der Waals surface area (Å²) in [5.41, 5.74) is -2.36. The number of hydrogen-bond donors (Lipinski definition) is 1. The zero-order valence-electron chi connectivity index (χ0n) is 32.1. The molecule has 312 valence electrons. The predicted octanol–water partition coefficient (Wildman–Crippen LogP) is 6.01. The molecule has 1 aliphatic rings. The van der Waals surface area contributed by atoms with Gasteiger partial charge in [-0.2, -0.15) is 10.2 Å². The number of hydroxylamine groups is 1. The lowest BCUT2D eigenvalue weighted by molar-refractivity contribution is -0.385. The molecule has 0 amide bonds. The number of halogens is 4. The zero-order valence-corrected chi connectivity index (χ0v) is 32.1. The molecule has 0 radical (unpaired) electrons.